The van der Waals surface area contributed by atoms with E-state index < -0.39 is 6.10 Å². The van der Waals surface area contributed by atoms with Crippen LogP contribution in [0.3, 0.4) is 0 Å². The predicted molar refractivity (Wildman–Crippen MR) is 94.7 cm³/mol. The van der Waals surface area contributed by atoms with Gasteiger partial charge in [-0.1, -0.05) is 16.8 Å². The average molecular weight is 364 g/mol. The van der Waals surface area contributed by atoms with Crippen molar-refractivity contribution < 1.29 is 14.4 Å². The minimum absolute atomic E-state index is 0.149. The zero-order valence-corrected chi connectivity index (χ0v) is 14.3. The van der Waals surface area contributed by atoms with Crippen LogP contribution in [0.15, 0.2) is 41.6 Å². The molecule has 1 aliphatic heterocycles. The van der Waals surface area contributed by atoms with Gasteiger partial charge in [-0.2, -0.15) is 0 Å². The zero-order valence-electron chi connectivity index (χ0n) is 12.7. The number of oxime groups is 1. The fraction of sp³-hybridized carbons (Fsp3) is 0.188. The smallest absolute Gasteiger partial charge is 0.268 e. The molecule has 0 spiro atoms. The normalized spacial score (nSPS) is 16.2. The van der Waals surface area contributed by atoms with E-state index in [0.29, 0.717) is 27.8 Å². The average Bonchev–Trinajstić information content (AvgIpc) is 3.17. The van der Waals surface area contributed by atoms with Crippen LogP contribution in [-0.4, -0.2) is 23.6 Å². The Morgan fingerprint density at radius 1 is 1.17 bits per heavy atom. The summed E-state index contributed by atoms with van der Waals surface area (Å²) >= 11 is 7.30. The van der Waals surface area contributed by atoms with Crippen LogP contribution in [0.4, 0.5) is 11.4 Å². The third kappa shape index (κ3) is 3.93. The molecule has 3 rings (SSSR count). The van der Waals surface area contributed by atoms with E-state index in [9.17, 15) is 9.59 Å². The molecule has 1 aliphatic rings. The van der Waals surface area contributed by atoms with Crippen LogP contribution in [-0.2, 0) is 14.4 Å². The fourth-order valence-corrected chi connectivity index (χ4v) is 3.23. The molecule has 0 saturated heterocycles. The number of hydrogen-bond acceptors (Lipinski definition) is 5. The van der Waals surface area contributed by atoms with E-state index in [1.165, 1.54) is 18.3 Å². The number of benzene rings is 1. The van der Waals surface area contributed by atoms with Crippen molar-refractivity contribution in [2.45, 2.75) is 19.4 Å². The minimum Gasteiger partial charge on any atom is -0.382 e. The van der Waals surface area contributed by atoms with E-state index in [2.05, 4.69) is 15.8 Å². The van der Waals surface area contributed by atoms with Crippen LogP contribution in [0.2, 0.25) is 4.34 Å². The maximum absolute atomic E-state index is 12.3. The van der Waals surface area contributed by atoms with Gasteiger partial charge in [-0.25, -0.2) is 0 Å². The lowest BCUT2D eigenvalue weighted by Gasteiger charge is -2.10. The molecule has 0 bridgehead atoms. The summed E-state index contributed by atoms with van der Waals surface area (Å²) in [4.78, 5) is 29.4. The second-order valence-corrected chi connectivity index (χ2v) is 6.90. The van der Waals surface area contributed by atoms with Crippen molar-refractivity contribution in [3.63, 3.8) is 0 Å². The van der Waals surface area contributed by atoms with Crippen LogP contribution in [0.25, 0.3) is 0 Å². The molecule has 8 heteroatoms. The van der Waals surface area contributed by atoms with Crippen LogP contribution >= 0.6 is 22.9 Å². The number of carbonyl (C=O) groups excluding carboxylic acids is 2. The van der Waals surface area contributed by atoms with E-state index in [4.69, 9.17) is 16.4 Å². The number of nitrogens with zero attached hydrogens (tertiary/aromatic N) is 1. The maximum atomic E-state index is 12.3. The van der Waals surface area contributed by atoms with Crippen molar-refractivity contribution in [2.24, 2.45) is 5.16 Å². The number of carbonyl (C=O) groups is 2. The standard InChI is InChI=1S/C16H14ClN3O3S/c1-9(21)18-10-2-4-11(5-3-10)19-16(22)13-8-12(20-23-13)14-6-7-15(17)24-14/h2-7,13H,8H2,1H3,(H,18,21)(H,19,22)/t13-/m0/s1. The molecular formula is C16H14ClN3O3S. The van der Waals surface area contributed by atoms with Crippen LogP contribution < -0.4 is 10.6 Å². The molecule has 2 heterocycles. The second-order valence-electron chi connectivity index (χ2n) is 5.19. The van der Waals surface area contributed by atoms with Crippen molar-refractivity contribution in [3.05, 3.63) is 45.6 Å². The Morgan fingerprint density at radius 2 is 1.83 bits per heavy atom. The minimum atomic E-state index is -0.670. The van der Waals surface area contributed by atoms with Crippen molar-refractivity contribution >= 4 is 51.8 Å². The monoisotopic (exact) mass is 363 g/mol. The lowest BCUT2D eigenvalue weighted by molar-refractivity contribution is -0.125. The van der Waals surface area contributed by atoms with Crippen molar-refractivity contribution in [2.75, 3.05) is 10.6 Å². The van der Waals surface area contributed by atoms with Gasteiger partial charge in [-0.05, 0) is 36.4 Å². The molecule has 0 unspecified atom stereocenters. The van der Waals surface area contributed by atoms with Gasteiger partial charge >= 0.3 is 0 Å². The highest BCUT2D eigenvalue weighted by Gasteiger charge is 2.29. The third-order valence-electron chi connectivity index (χ3n) is 3.29. The number of nitrogens with one attached hydrogen (secondary N) is 2. The van der Waals surface area contributed by atoms with Crippen LogP contribution in [0, 0.1) is 0 Å². The molecule has 0 saturated carbocycles. The molecule has 2 aromatic rings. The maximum Gasteiger partial charge on any atom is 0.268 e. The number of rotatable bonds is 4. The summed E-state index contributed by atoms with van der Waals surface area (Å²) in [5.74, 6) is -0.423. The highest BCUT2D eigenvalue weighted by molar-refractivity contribution is 7.18. The van der Waals surface area contributed by atoms with Gasteiger partial charge in [0.05, 0.1) is 9.21 Å². The topological polar surface area (TPSA) is 79.8 Å². The van der Waals surface area contributed by atoms with Crippen molar-refractivity contribution in [3.8, 4) is 0 Å². The highest BCUT2D eigenvalue weighted by Crippen LogP contribution is 2.26. The molecule has 6 nitrogen and oxygen atoms in total. The first-order valence-electron chi connectivity index (χ1n) is 7.18. The van der Waals surface area contributed by atoms with Gasteiger partial charge in [-0.3, -0.25) is 9.59 Å². The van der Waals surface area contributed by atoms with Gasteiger partial charge < -0.3 is 15.5 Å². The summed E-state index contributed by atoms with van der Waals surface area (Å²) in [7, 11) is 0. The van der Waals surface area contributed by atoms with E-state index in [-0.39, 0.29) is 11.8 Å². The molecule has 0 aliphatic carbocycles. The summed E-state index contributed by atoms with van der Waals surface area (Å²) in [5, 5.41) is 9.40. The number of thiophene rings is 1. The summed E-state index contributed by atoms with van der Waals surface area (Å²) in [6.07, 6.45) is -0.275. The van der Waals surface area contributed by atoms with Gasteiger partial charge in [0.2, 0.25) is 12.0 Å². The molecular weight excluding hydrogens is 350 g/mol. The number of hydrogen-bond donors (Lipinski definition) is 2. The van der Waals surface area contributed by atoms with Gasteiger partial charge in [0.25, 0.3) is 5.91 Å². The largest absolute Gasteiger partial charge is 0.382 e. The lowest BCUT2D eigenvalue weighted by Crippen LogP contribution is -2.27. The first-order valence-corrected chi connectivity index (χ1v) is 8.37. The third-order valence-corrected chi connectivity index (χ3v) is 4.57. The molecule has 2 N–H and O–H groups in total. The Balaban J connectivity index is 1.57. The van der Waals surface area contributed by atoms with Crippen molar-refractivity contribution in [1.29, 1.82) is 0 Å². The summed E-state index contributed by atoms with van der Waals surface area (Å²) in [5.41, 5.74) is 2.00. The lowest BCUT2D eigenvalue weighted by atomic mass is 10.1. The molecule has 2 amide bonds. The second kappa shape index (κ2) is 7.02. The first-order chi connectivity index (χ1) is 11.5. The van der Waals surface area contributed by atoms with E-state index in [1.54, 1.807) is 30.3 Å². The highest BCUT2D eigenvalue weighted by atomic mass is 35.5. The van der Waals surface area contributed by atoms with Gasteiger partial charge in [0.15, 0.2) is 0 Å². The SMILES string of the molecule is CC(=O)Nc1ccc(NC(=O)[C@@H]2CC(c3ccc(Cl)s3)=NO2)cc1. The van der Waals surface area contributed by atoms with Gasteiger partial charge in [0, 0.05) is 24.7 Å². The number of anilines is 2. The first kappa shape index (κ1) is 16.5. The van der Waals surface area contributed by atoms with E-state index in [1.807, 2.05) is 6.07 Å². The Kier molecular flexibility index (Phi) is 4.82. The van der Waals surface area contributed by atoms with Gasteiger partial charge in [0.1, 0.15) is 5.71 Å². The molecule has 24 heavy (non-hydrogen) atoms. The molecule has 1 atom stereocenters. The van der Waals surface area contributed by atoms with Crippen molar-refractivity contribution in [1.82, 2.24) is 0 Å². The fourth-order valence-electron chi connectivity index (χ4n) is 2.20. The number of amides is 2. The molecule has 1 aromatic heterocycles. The Morgan fingerprint density at radius 3 is 2.42 bits per heavy atom. The Hall–Kier alpha value is -2.38. The quantitative estimate of drug-likeness (QED) is 0.872. The predicted octanol–water partition coefficient (Wildman–Crippen LogP) is 3.49. The van der Waals surface area contributed by atoms with Gasteiger partial charge in [-0.15, -0.1) is 11.3 Å². The van der Waals surface area contributed by atoms with Crippen LogP contribution in [0.5, 0.6) is 0 Å². The summed E-state index contributed by atoms with van der Waals surface area (Å²) in [6.45, 7) is 1.44. The Bertz CT molecular complexity index is 801. The number of halogens is 1. The summed E-state index contributed by atoms with van der Waals surface area (Å²) < 4.78 is 0.667. The molecule has 0 fully saturated rings. The zero-order chi connectivity index (χ0) is 17.1. The van der Waals surface area contributed by atoms with E-state index >= 15 is 0 Å². The molecule has 0 radical (unpaired) electrons. The molecule has 1 aromatic carbocycles. The van der Waals surface area contributed by atoms with Crippen LogP contribution in [0.1, 0.15) is 18.2 Å². The Labute approximate surface area is 147 Å². The summed E-state index contributed by atoms with van der Waals surface area (Å²) in [6, 6.07) is 10.5. The molecule has 124 valence electrons. The van der Waals surface area contributed by atoms with E-state index in [0.717, 1.165) is 4.88 Å².